The van der Waals surface area contributed by atoms with E-state index in [4.69, 9.17) is 4.74 Å². The molecule has 0 unspecified atom stereocenters. The van der Waals surface area contributed by atoms with E-state index in [1.54, 1.807) is 45.0 Å². The number of amides is 2. The number of carbonyl (C=O) groups is 2. The first-order chi connectivity index (χ1) is 21.0. The lowest BCUT2D eigenvalue weighted by molar-refractivity contribution is 0.0487. The van der Waals surface area contributed by atoms with Crippen molar-refractivity contribution >= 4 is 23.0 Å². The van der Waals surface area contributed by atoms with Gasteiger partial charge in [-0.25, -0.2) is 23.5 Å². The Bertz CT molecular complexity index is 1700. The molecule has 1 saturated carbocycles. The van der Waals surface area contributed by atoms with Crippen LogP contribution in [0.3, 0.4) is 0 Å². The molecule has 1 aromatic carbocycles. The first-order valence-electron chi connectivity index (χ1n) is 15.4. The standard InChI is InChI=1S/C32H39FN6O5/c1-32(2,3)44-30(42)35-22-7-9-23(10-8-22)39-29(41)25-16-21(33)17-34-27(25)38(31(39)43)24-6-4-5-20(15-24)28(40)36-26-18-37-13-11-19(26)12-14-37/h4-6,15-17,19,22-23,26H,7-14,18H2,1-3H3,(H,35,42)(H,36,40)/t22?,23?,26-/m0/s1. The van der Waals surface area contributed by atoms with E-state index in [1.807, 2.05) is 0 Å². The first kappa shape index (κ1) is 30.0. The van der Waals surface area contributed by atoms with Crippen LogP contribution in [0.1, 0.15) is 75.7 Å². The summed E-state index contributed by atoms with van der Waals surface area (Å²) >= 11 is 0. The Balaban J connectivity index is 1.30. The van der Waals surface area contributed by atoms with Gasteiger partial charge in [-0.05, 0) is 103 Å². The minimum atomic E-state index is -0.692. The Morgan fingerprint density at radius 2 is 1.73 bits per heavy atom. The number of fused-ring (bicyclic) bond motifs is 4. The third-order valence-electron chi connectivity index (χ3n) is 9.01. The van der Waals surface area contributed by atoms with Crippen LogP contribution < -0.4 is 21.9 Å². The number of nitrogens with zero attached hydrogens (tertiary/aromatic N) is 4. The average Bonchev–Trinajstić information content (AvgIpc) is 2.98. The second-order valence-corrected chi connectivity index (χ2v) is 13.2. The van der Waals surface area contributed by atoms with Crippen LogP contribution in [0.2, 0.25) is 0 Å². The van der Waals surface area contributed by atoms with Gasteiger partial charge in [0.1, 0.15) is 11.4 Å². The lowest BCUT2D eigenvalue weighted by Gasteiger charge is -2.44. The Morgan fingerprint density at radius 1 is 1.00 bits per heavy atom. The molecule has 2 N–H and O–H groups in total. The van der Waals surface area contributed by atoms with Crippen LogP contribution in [-0.2, 0) is 4.74 Å². The quantitative estimate of drug-likeness (QED) is 0.455. The number of ether oxygens (including phenoxy) is 1. The number of alkyl carbamates (subject to hydrolysis) is 1. The fourth-order valence-corrected chi connectivity index (χ4v) is 6.86. The number of nitrogens with one attached hydrogen (secondary N) is 2. The lowest BCUT2D eigenvalue weighted by atomic mass is 9.84. The van der Waals surface area contributed by atoms with Crippen LogP contribution in [0.15, 0.2) is 46.1 Å². The van der Waals surface area contributed by atoms with Crippen molar-refractivity contribution < 1.29 is 18.7 Å². The number of pyridine rings is 1. The maximum atomic E-state index is 14.4. The van der Waals surface area contributed by atoms with Crippen LogP contribution in [0.25, 0.3) is 16.7 Å². The van der Waals surface area contributed by atoms with Gasteiger partial charge in [0.05, 0.1) is 17.3 Å². The molecule has 234 valence electrons. The number of piperidine rings is 3. The van der Waals surface area contributed by atoms with Crippen molar-refractivity contribution in [2.24, 2.45) is 5.92 Å². The van der Waals surface area contributed by atoms with Gasteiger partial charge in [-0.2, -0.15) is 0 Å². The van der Waals surface area contributed by atoms with Crippen molar-refractivity contribution in [3.8, 4) is 5.69 Å². The molecule has 0 spiro atoms. The molecule has 11 nitrogen and oxygen atoms in total. The summed E-state index contributed by atoms with van der Waals surface area (Å²) in [5, 5.41) is 6.03. The zero-order valence-corrected chi connectivity index (χ0v) is 25.3. The largest absolute Gasteiger partial charge is 0.444 e. The van der Waals surface area contributed by atoms with Crippen molar-refractivity contribution in [3.63, 3.8) is 0 Å². The normalized spacial score (nSPS) is 25.0. The fourth-order valence-electron chi connectivity index (χ4n) is 6.86. The molecule has 4 fully saturated rings. The van der Waals surface area contributed by atoms with Gasteiger partial charge in [0.2, 0.25) is 0 Å². The Labute approximate surface area is 254 Å². The molecule has 2 bridgehead atoms. The molecule has 3 saturated heterocycles. The third-order valence-corrected chi connectivity index (χ3v) is 9.01. The number of aromatic nitrogens is 3. The van der Waals surface area contributed by atoms with E-state index < -0.39 is 34.8 Å². The summed E-state index contributed by atoms with van der Waals surface area (Å²) in [4.78, 5) is 59.8. The molecule has 5 heterocycles. The monoisotopic (exact) mass is 606 g/mol. The van der Waals surface area contributed by atoms with Crippen LogP contribution >= 0.6 is 0 Å². The highest BCUT2D eigenvalue weighted by Gasteiger charge is 2.35. The summed E-state index contributed by atoms with van der Waals surface area (Å²) < 4.78 is 22.2. The summed E-state index contributed by atoms with van der Waals surface area (Å²) in [6, 6.07) is 7.20. The summed E-state index contributed by atoms with van der Waals surface area (Å²) in [5.41, 5.74) is -1.09. The molecule has 3 aliphatic heterocycles. The van der Waals surface area contributed by atoms with E-state index in [9.17, 15) is 23.6 Å². The van der Waals surface area contributed by atoms with Gasteiger partial charge in [-0.15, -0.1) is 0 Å². The maximum absolute atomic E-state index is 14.4. The first-order valence-corrected chi connectivity index (χ1v) is 15.4. The minimum Gasteiger partial charge on any atom is -0.444 e. The number of rotatable bonds is 5. The highest BCUT2D eigenvalue weighted by molar-refractivity contribution is 5.95. The maximum Gasteiger partial charge on any atom is 0.407 e. The minimum absolute atomic E-state index is 0.0212. The molecular formula is C32H39FN6O5. The van der Waals surface area contributed by atoms with Crippen molar-refractivity contribution in [3.05, 3.63) is 68.7 Å². The summed E-state index contributed by atoms with van der Waals surface area (Å²) in [5.74, 6) is -0.468. The van der Waals surface area contributed by atoms with Crippen LogP contribution in [0.5, 0.6) is 0 Å². The highest BCUT2D eigenvalue weighted by Crippen LogP contribution is 2.29. The predicted molar refractivity (Wildman–Crippen MR) is 163 cm³/mol. The molecule has 2 amide bonds. The lowest BCUT2D eigenvalue weighted by Crippen LogP contribution is -2.57. The van der Waals surface area contributed by atoms with Gasteiger partial charge in [0, 0.05) is 30.2 Å². The van der Waals surface area contributed by atoms with Gasteiger partial charge in [-0.3, -0.25) is 14.2 Å². The van der Waals surface area contributed by atoms with Crippen LogP contribution in [0, 0.1) is 11.7 Å². The van der Waals surface area contributed by atoms with Crippen molar-refractivity contribution in [2.75, 3.05) is 19.6 Å². The van der Waals surface area contributed by atoms with Crippen molar-refractivity contribution in [1.82, 2.24) is 29.7 Å². The zero-order chi connectivity index (χ0) is 31.2. The SMILES string of the molecule is CC(C)(C)OC(=O)NC1CCC(n2c(=O)c3cc(F)cnc3n(-c3cccc(C(=O)N[C@H]4CN5CCC4CC5)c3)c2=O)CC1. The molecule has 0 radical (unpaired) electrons. The highest BCUT2D eigenvalue weighted by atomic mass is 19.1. The van der Waals surface area contributed by atoms with Crippen LogP contribution in [-0.4, -0.2) is 68.3 Å². The summed E-state index contributed by atoms with van der Waals surface area (Å²) in [6.07, 6.45) is 4.56. The predicted octanol–water partition coefficient (Wildman–Crippen LogP) is 3.52. The van der Waals surface area contributed by atoms with E-state index >= 15 is 0 Å². The van der Waals surface area contributed by atoms with E-state index in [-0.39, 0.29) is 29.0 Å². The van der Waals surface area contributed by atoms with E-state index in [0.717, 1.165) is 44.7 Å². The van der Waals surface area contributed by atoms with E-state index in [1.165, 1.54) is 9.13 Å². The number of benzene rings is 1. The number of carbonyl (C=O) groups excluding carboxylic acids is 2. The molecular weight excluding hydrogens is 567 g/mol. The summed E-state index contributed by atoms with van der Waals surface area (Å²) in [6.45, 7) is 8.33. The number of halogens is 1. The molecule has 1 aliphatic carbocycles. The molecule has 12 heteroatoms. The second-order valence-electron chi connectivity index (χ2n) is 13.2. The Hall–Kier alpha value is -4.06. The third kappa shape index (κ3) is 6.12. The number of hydrogen-bond donors (Lipinski definition) is 2. The Kier molecular flexibility index (Phi) is 8.04. The fraction of sp³-hybridized carbons (Fsp3) is 0.531. The van der Waals surface area contributed by atoms with Gasteiger partial charge < -0.3 is 20.3 Å². The molecule has 3 aromatic rings. The van der Waals surface area contributed by atoms with Gasteiger partial charge >= 0.3 is 11.8 Å². The molecule has 7 rings (SSSR count). The molecule has 2 aromatic heterocycles. The van der Waals surface area contributed by atoms with Gasteiger partial charge in [0.25, 0.3) is 11.5 Å². The molecule has 44 heavy (non-hydrogen) atoms. The molecule has 4 aliphatic rings. The van der Waals surface area contributed by atoms with E-state index in [0.29, 0.717) is 42.9 Å². The number of hydrogen-bond acceptors (Lipinski definition) is 7. The van der Waals surface area contributed by atoms with Crippen molar-refractivity contribution in [2.45, 2.75) is 83.0 Å². The van der Waals surface area contributed by atoms with E-state index in [2.05, 4.69) is 20.5 Å². The Morgan fingerprint density at radius 3 is 2.39 bits per heavy atom. The average molecular weight is 607 g/mol. The van der Waals surface area contributed by atoms with Crippen LogP contribution in [0.4, 0.5) is 9.18 Å². The summed E-state index contributed by atoms with van der Waals surface area (Å²) in [7, 11) is 0. The van der Waals surface area contributed by atoms with Gasteiger partial charge in [-0.1, -0.05) is 6.07 Å². The van der Waals surface area contributed by atoms with Crippen molar-refractivity contribution in [1.29, 1.82) is 0 Å². The topological polar surface area (TPSA) is 128 Å². The van der Waals surface area contributed by atoms with Gasteiger partial charge in [0.15, 0.2) is 5.65 Å². The molecule has 1 atom stereocenters. The smallest absolute Gasteiger partial charge is 0.407 e. The second kappa shape index (κ2) is 11.8. The zero-order valence-electron chi connectivity index (χ0n) is 25.3.